The fraction of sp³-hybridized carbons (Fsp3) is 0.250. The number of carboxylic acids is 1. The van der Waals surface area contributed by atoms with Crippen molar-refractivity contribution in [2.75, 3.05) is 5.32 Å². The number of hydrogen-bond acceptors (Lipinski definition) is 2. The highest BCUT2D eigenvalue weighted by Crippen LogP contribution is 2.21. The fourth-order valence-corrected chi connectivity index (χ4v) is 1.77. The highest BCUT2D eigenvalue weighted by atomic mass is 19.1. The van der Waals surface area contributed by atoms with Gasteiger partial charge in [-0.3, -0.25) is 0 Å². The fourth-order valence-electron chi connectivity index (χ4n) is 1.77. The van der Waals surface area contributed by atoms with Gasteiger partial charge >= 0.3 is 5.97 Å². The van der Waals surface area contributed by atoms with Gasteiger partial charge in [-0.2, -0.15) is 0 Å². The second-order valence-corrected chi connectivity index (χ2v) is 3.78. The molecule has 2 N–H and O–H groups in total. The molecule has 1 aromatic rings. The molecule has 3 nitrogen and oxygen atoms in total. The minimum Gasteiger partial charge on any atom is -0.478 e. The van der Waals surface area contributed by atoms with Gasteiger partial charge in [0.25, 0.3) is 0 Å². The second kappa shape index (κ2) is 4.35. The minimum absolute atomic E-state index is 0.0214. The van der Waals surface area contributed by atoms with Crippen molar-refractivity contribution in [1.29, 1.82) is 0 Å². The molecule has 16 heavy (non-hydrogen) atoms. The number of nitrogens with one attached hydrogen (secondary N) is 1. The Morgan fingerprint density at radius 1 is 1.38 bits per heavy atom. The van der Waals surface area contributed by atoms with Crippen LogP contribution < -0.4 is 5.32 Å². The molecule has 1 aliphatic rings. The molecule has 0 aliphatic heterocycles. The first-order valence-electron chi connectivity index (χ1n) is 5.11. The molecule has 0 saturated carbocycles. The van der Waals surface area contributed by atoms with Gasteiger partial charge in [0.15, 0.2) is 0 Å². The summed E-state index contributed by atoms with van der Waals surface area (Å²) in [7, 11) is 0. The number of aromatic carboxylic acids is 1. The molecule has 0 spiro atoms. The molecule has 0 atom stereocenters. The summed E-state index contributed by atoms with van der Waals surface area (Å²) in [5.41, 5.74) is 0.453. The van der Waals surface area contributed by atoms with Crippen molar-refractivity contribution in [3.8, 4) is 0 Å². The van der Waals surface area contributed by atoms with Crippen LogP contribution in [0.5, 0.6) is 0 Å². The number of anilines is 1. The summed E-state index contributed by atoms with van der Waals surface area (Å²) >= 11 is 0. The summed E-state index contributed by atoms with van der Waals surface area (Å²) in [6, 6.07) is 3.98. The Labute approximate surface area is 92.6 Å². The number of carbonyl (C=O) groups is 1. The highest BCUT2D eigenvalue weighted by molar-refractivity contribution is 5.94. The Hall–Kier alpha value is -1.84. The van der Waals surface area contributed by atoms with Crippen LogP contribution in [0.15, 0.2) is 30.4 Å². The Kier molecular flexibility index (Phi) is 2.90. The summed E-state index contributed by atoms with van der Waals surface area (Å²) < 4.78 is 12.9. The predicted octanol–water partition coefficient (Wildman–Crippen LogP) is 2.65. The van der Waals surface area contributed by atoms with E-state index in [-0.39, 0.29) is 11.6 Å². The lowest BCUT2D eigenvalue weighted by Gasteiger charge is -2.15. The molecule has 2 rings (SSSR count). The van der Waals surface area contributed by atoms with Crippen molar-refractivity contribution in [3.63, 3.8) is 0 Å². The number of carboxylic acid groups (broad SMARTS) is 1. The molecular formula is C12H12FNO2. The van der Waals surface area contributed by atoms with Gasteiger partial charge in [0.05, 0.1) is 5.56 Å². The van der Waals surface area contributed by atoms with E-state index in [1.54, 1.807) is 0 Å². The first-order valence-corrected chi connectivity index (χ1v) is 5.11. The number of benzene rings is 1. The van der Waals surface area contributed by atoms with E-state index < -0.39 is 11.8 Å². The lowest BCUT2D eigenvalue weighted by Crippen LogP contribution is -2.17. The van der Waals surface area contributed by atoms with Crippen molar-refractivity contribution >= 4 is 11.7 Å². The zero-order valence-electron chi connectivity index (χ0n) is 8.61. The predicted molar refractivity (Wildman–Crippen MR) is 59.1 cm³/mol. The van der Waals surface area contributed by atoms with E-state index >= 15 is 0 Å². The van der Waals surface area contributed by atoms with Gasteiger partial charge in [-0.25, -0.2) is 9.18 Å². The molecule has 84 valence electrons. The quantitative estimate of drug-likeness (QED) is 0.771. The van der Waals surface area contributed by atoms with E-state index in [0.29, 0.717) is 5.69 Å². The lowest BCUT2D eigenvalue weighted by atomic mass is 10.1. The van der Waals surface area contributed by atoms with E-state index in [1.165, 1.54) is 12.1 Å². The Morgan fingerprint density at radius 2 is 2.06 bits per heavy atom. The number of rotatable bonds is 3. The van der Waals surface area contributed by atoms with Crippen LogP contribution in [0.3, 0.4) is 0 Å². The van der Waals surface area contributed by atoms with Crippen LogP contribution >= 0.6 is 0 Å². The van der Waals surface area contributed by atoms with Gasteiger partial charge in [0.2, 0.25) is 0 Å². The Balaban J connectivity index is 2.22. The Morgan fingerprint density at radius 3 is 2.69 bits per heavy atom. The molecule has 0 aromatic heterocycles. The first kappa shape index (κ1) is 10.7. The molecule has 1 aliphatic carbocycles. The van der Waals surface area contributed by atoms with Crippen molar-refractivity contribution < 1.29 is 14.3 Å². The summed E-state index contributed by atoms with van der Waals surface area (Å²) in [6.45, 7) is 0. The summed E-state index contributed by atoms with van der Waals surface area (Å²) in [6.07, 6.45) is 5.83. The van der Waals surface area contributed by atoms with Gasteiger partial charge < -0.3 is 10.4 Å². The maximum absolute atomic E-state index is 12.9. The minimum atomic E-state index is -1.12. The number of hydrogen-bond donors (Lipinski definition) is 2. The van der Waals surface area contributed by atoms with Gasteiger partial charge in [-0.1, -0.05) is 12.2 Å². The van der Waals surface area contributed by atoms with Crippen molar-refractivity contribution in [1.82, 2.24) is 0 Å². The molecule has 0 radical (unpaired) electrons. The summed E-state index contributed by atoms with van der Waals surface area (Å²) in [4.78, 5) is 10.9. The van der Waals surface area contributed by atoms with Crippen molar-refractivity contribution in [2.45, 2.75) is 18.9 Å². The average Bonchev–Trinajstić information content (AvgIpc) is 2.73. The van der Waals surface area contributed by atoms with Crippen LogP contribution in [-0.4, -0.2) is 17.1 Å². The summed E-state index contributed by atoms with van der Waals surface area (Å²) in [5.74, 6) is -1.65. The zero-order valence-corrected chi connectivity index (χ0v) is 8.61. The third-order valence-electron chi connectivity index (χ3n) is 2.58. The molecule has 4 heteroatoms. The van der Waals surface area contributed by atoms with Crippen LogP contribution in [0.2, 0.25) is 0 Å². The van der Waals surface area contributed by atoms with E-state index in [4.69, 9.17) is 5.11 Å². The number of halogens is 1. The molecule has 0 saturated heterocycles. The van der Waals surface area contributed by atoms with E-state index in [1.807, 2.05) is 12.2 Å². The Bertz CT molecular complexity index is 435. The van der Waals surface area contributed by atoms with Gasteiger partial charge in [-0.15, -0.1) is 0 Å². The van der Waals surface area contributed by atoms with Crippen LogP contribution in [0.25, 0.3) is 0 Å². The normalized spacial score (nSPS) is 15.3. The van der Waals surface area contributed by atoms with Crippen LogP contribution in [0.1, 0.15) is 23.2 Å². The third-order valence-corrected chi connectivity index (χ3v) is 2.58. The van der Waals surface area contributed by atoms with Gasteiger partial charge in [0.1, 0.15) is 5.82 Å². The van der Waals surface area contributed by atoms with E-state index in [9.17, 15) is 9.18 Å². The largest absolute Gasteiger partial charge is 0.478 e. The SMILES string of the molecule is O=C(O)c1cc(F)ccc1NC1CC=CC1. The highest BCUT2D eigenvalue weighted by Gasteiger charge is 2.15. The maximum atomic E-state index is 12.9. The first-order chi connectivity index (χ1) is 7.66. The molecule has 0 amide bonds. The third kappa shape index (κ3) is 2.21. The van der Waals surface area contributed by atoms with E-state index in [2.05, 4.69) is 5.32 Å². The molecule has 0 heterocycles. The standard InChI is InChI=1S/C12H12FNO2/c13-8-5-6-11(10(7-8)12(15)16)14-9-3-1-2-4-9/h1-2,5-7,9,14H,3-4H2,(H,15,16). The molecule has 1 aromatic carbocycles. The van der Waals surface area contributed by atoms with Crippen LogP contribution in [-0.2, 0) is 0 Å². The van der Waals surface area contributed by atoms with Gasteiger partial charge in [0, 0.05) is 11.7 Å². The van der Waals surface area contributed by atoms with Crippen molar-refractivity contribution in [2.24, 2.45) is 0 Å². The molecule has 0 bridgehead atoms. The second-order valence-electron chi connectivity index (χ2n) is 3.78. The monoisotopic (exact) mass is 221 g/mol. The van der Waals surface area contributed by atoms with Crippen LogP contribution in [0.4, 0.5) is 10.1 Å². The summed E-state index contributed by atoms with van der Waals surface area (Å²) in [5, 5.41) is 12.0. The van der Waals surface area contributed by atoms with E-state index in [0.717, 1.165) is 18.9 Å². The smallest absolute Gasteiger partial charge is 0.337 e. The van der Waals surface area contributed by atoms with Crippen molar-refractivity contribution in [3.05, 3.63) is 41.7 Å². The molecule has 0 fully saturated rings. The average molecular weight is 221 g/mol. The molecule has 0 unspecified atom stereocenters. The van der Waals surface area contributed by atoms with Crippen LogP contribution in [0, 0.1) is 5.82 Å². The topological polar surface area (TPSA) is 49.3 Å². The maximum Gasteiger partial charge on any atom is 0.337 e. The molecular weight excluding hydrogens is 209 g/mol. The lowest BCUT2D eigenvalue weighted by molar-refractivity contribution is 0.0697. The zero-order chi connectivity index (χ0) is 11.5. The van der Waals surface area contributed by atoms with Gasteiger partial charge in [-0.05, 0) is 31.0 Å².